The lowest BCUT2D eigenvalue weighted by Gasteiger charge is -2.13. The second-order valence-corrected chi connectivity index (χ2v) is 6.02. The molecule has 0 radical (unpaired) electrons. The number of thiazole rings is 1. The Bertz CT molecular complexity index is 747. The molecule has 0 spiro atoms. The molecule has 0 atom stereocenters. The van der Waals surface area contributed by atoms with Crippen molar-refractivity contribution in [3.8, 4) is 11.3 Å². The maximum Gasteiger partial charge on any atom is 0.187 e. The molecule has 3 aromatic rings. The van der Waals surface area contributed by atoms with Gasteiger partial charge in [-0.05, 0) is 30.5 Å². The summed E-state index contributed by atoms with van der Waals surface area (Å²) >= 11 is 1.77. The Morgan fingerprint density at radius 3 is 2.60 bits per heavy atom. The van der Waals surface area contributed by atoms with Crippen molar-refractivity contribution in [2.24, 2.45) is 0 Å². The molecular formula is C17H14N2S. The molecule has 3 heteroatoms. The lowest BCUT2D eigenvalue weighted by Crippen LogP contribution is -2.01. The van der Waals surface area contributed by atoms with Crippen molar-refractivity contribution in [2.75, 3.05) is 5.32 Å². The summed E-state index contributed by atoms with van der Waals surface area (Å²) < 4.78 is 0. The molecule has 1 aliphatic carbocycles. The summed E-state index contributed by atoms with van der Waals surface area (Å²) in [5, 5.41) is 4.38. The van der Waals surface area contributed by atoms with Gasteiger partial charge in [0.15, 0.2) is 5.13 Å². The van der Waals surface area contributed by atoms with Crippen LogP contribution in [0, 0.1) is 0 Å². The van der Waals surface area contributed by atoms with E-state index in [0.29, 0.717) is 0 Å². The molecule has 0 amide bonds. The van der Waals surface area contributed by atoms with Gasteiger partial charge in [0.05, 0.1) is 5.69 Å². The van der Waals surface area contributed by atoms with Gasteiger partial charge in [0.25, 0.3) is 0 Å². The molecule has 0 bridgehead atoms. The Kier molecular flexibility index (Phi) is 2.78. The highest BCUT2D eigenvalue weighted by Crippen LogP contribution is 2.38. The first-order valence-electron chi connectivity index (χ1n) is 6.80. The summed E-state index contributed by atoms with van der Waals surface area (Å²) in [7, 11) is 0. The van der Waals surface area contributed by atoms with Gasteiger partial charge in [0, 0.05) is 16.1 Å². The van der Waals surface area contributed by atoms with Gasteiger partial charge in [-0.15, -0.1) is 11.3 Å². The second kappa shape index (κ2) is 4.76. The van der Waals surface area contributed by atoms with Crippen molar-refractivity contribution in [1.82, 2.24) is 4.98 Å². The molecule has 20 heavy (non-hydrogen) atoms. The smallest absolute Gasteiger partial charge is 0.187 e. The summed E-state index contributed by atoms with van der Waals surface area (Å²) in [6.07, 6.45) is 2.22. The summed E-state index contributed by atoms with van der Waals surface area (Å²) in [5.41, 5.74) is 4.96. The van der Waals surface area contributed by atoms with Crippen molar-refractivity contribution in [1.29, 1.82) is 0 Å². The van der Waals surface area contributed by atoms with Crippen molar-refractivity contribution in [3.05, 3.63) is 65.0 Å². The number of fused-ring (bicyclic) bond motifs is 3. The third kappa shape index (κ3) is 2.00. The van der Waals surface area contributed by atoms with Crippen LogP contribution in [0.3, 0.4) is 0 Å². The Morgan fingerprint density at radius 2 is 1.70 bits per heavy atom. The van der Waals surface area contributed by atoms with Crippen LogP contribution in [0.1, 0.15) is 10.4 Å². The van der Waals surface area contributed by atoms with Crippen LogP contribution < -0.4 is 5.32 Å². The molecule has 0 saturated heterocycles. The van der Waals surface area contributed by atoms with Crippen LogP contribution in [-0.4, -0.2) is 4.98 Å². The number of nitrogens with one attached hydrogen (secondary N) is 1. The lowest BCUT2D eigenvalue weighted by molar-refractivity contribution is 0.955. The highest BCUT2D eigenvalue weighted by atomic mass is 32.1. The standard InChI is InChI=1S/C17H14N2S/c1-2-7-13(8-3-1)18-17-19-16-14-9-5-4-6-12(14)10-11-15(16)20-17/h1-9H,10-11H2,(H,18,19). The van der Waals surface area contributed by atoms with E-state index in [-0.39, 0.29) is 0 Å². The van der Waals surface area contributed by atoms with Crippen molar-refractivity contribution >= 4 is 22.2 Å². The number of benzene rings is 2. The topological polar surface area (TPSA) is 24.9 Å². The van der Waals surface area contributed by atoms with Gasteiger partial charge in [0.1, 0.15) is 0 Å². The van der Waals surface area contributed by atoms with Crippen LogP contribution in [0.25, 0.3) is 11.3 Å². The third-order valence-electron chi connectivity index (χ3n) is 3.62. The number of hydrogen-bond donors (Lipinski definition) is 1. The van der Waals surface area contributed by atoms with Gasteiger partial charge in [-0.25, -0.2) is 4.98 Å². The molecule has 2 nitrogen and oxygen atoms in total. The van der Waals surface area contributed by atoms with E-state index < -0.39 is 0 Å². The van der Waals surface area contributed by atoms with Gasteiger partial charge < -0.3 is 5.32 Å². The molecular weight excluding hydrogens is 264 g/mol. The molecule has 0 fully saturated rings. The minimum atomic E-state index is 0.984. The van der Waals surface area contributed by atoms with Gasteiger partial charge in [0.2, 0.25) is 0 Å². The Labute approximate surface area is 122 Å². The number of hydrogen-bond acceptors (Lipinski definition) is 3. The molecule has 0 aliphatic heterocycles. The summed E-state index contributed by atoms with van der Waals surface area (Å²) in [6, 6.07) is 18.8. The number of aromatic nitrogens is 1. The highest BCUT2D eigenvalue weighted by molar-refractivity contribution is 7.16. The SMILES string of the molecule is c1ccc(Nc2nc3c(s2)CCc2ccccc2-3)cc1. The fraction of sp³-hybridized carbons (Fsp3) is 0.118. The van der Waals surface area contributed by atoms with Gasteiger partial charge >= 0.3 is 0 Å². The molecule has 1 aromatic heterocycles. The molecule has 4 rings (SSSR count). The molecule has 2 aromatic carbocycles. The predicted octanol–water partition coefficient (Wildman–Crippen LogP) is 4.65. The van der Waals surface area contributed by atoms with Crippen LogP contribution in [0.5, 0.6) is 0 Å². The van der Waals surface area contributed by atoms with E-state index in [2.05, 4.69) is 41.7 Å². The molecule has 0 saturated carbocycles. The Morgan fingerprint density at radius 1 is 0.900 bits per heavy atom. The molecule has 0 unspecified atom stereocenters. The molecule has 1 N–H and O–H groups in total. The largest absolute Gasteiger partial charge is 0.332 e. The number of para-hydroxylation sites is 1. The molecule has 1 heterocycles. The van der Waals surface area contributed by atoms with Gasteiger partial charge in [-0.1, -0.05) is 42.5 Å². The maximum absolute atomic E-state index is 4.79. The first-order valence-corrected chi connectivity index (χ1v) is 7.62. The van der Waals surface area contributed by atoms with Crippen LogP contribution in [0.2, 0.25) is 0 Å². The van der Waals surface area contributed by atoms with Gasteiger partial charge in [-0.2, -0.15) is 0 Å². The van der Waals surface area contributed by atoms with Crippen LogP contribution in [0.4, 0.5) is 10.8 Å². The van der Waals surface area contributed by atoms with Gasteiger partial charge in [-0.3, -0.25) is 0 Å². The monoisotopic (exact) mass is 278 g/mol. The van der Waals surface area contributed by atoms with Crippen molar-refractivity contribution < 1.29 is 0 Å². The molecule has 98 valence electrons. The summed E-state index contributed by atoms with van der Waals surface area (Å²) in [4.78, 5) is 6.19. The van der Waals surface area contributed by atoms with Crippen LogP contribution >= 0.6 is 11.3 Å². The van der Waals surface area contributed by atoms with Crippen molar-refractivity contribution in [2.45, 2.75) is 12.8 Å². The third-order valence-corrected chi connectivity index (χ3v) is 4.65. The quantitative estimate of drug-likeness (QED) is 0.738. The number of anilines is 2. The first-order chi connectivity index (χ1) is 9.90. The van der Waals surface area contributed by atoms with Crippen LogP contribution in [-0.2, 0) is 12.8 Å². The Hall–Kier alpha value is -2.13. The minimum absolute atomic E-state index is 0.984. The average Bonchev–Trinajstić information content (AvgIpc) is 2.91. The van der Waals surface area contributed by atoms with E-state index in [9.17, 15) is 0 Å². The highest BCUT2D eigenvalue weighted by Gasteiger charge is 2.20. The predicted molar refractivity (Wildman–Crippen MR) is 84.7 cm³/mol. The number of nitrogens with zero attached hydrogens (tertiary/aromatic N) is 1. The summed E-state index contributed by atoms with van der Waals surface area (Å²) in [6.45, 7) is 0. The van der Waals surface area contributed by atoms with E-state index in [4.69, 9.17) is 4.98 Å². The van der Waals surface area contributed by atoms with E-state index in [1.165, 1.54) is 16.0 Å². The van der Waals surface area contributed by atoms with Crippen LogP contribution in [0.15, 0.2) is 54.6 Å². The fourth-order valence-electron chi connectivity index (χ4n) is 2.65. The zero-order valence-corrected chi connectivity index (χ0v) is 11.8. The van der Waals surface area contributed by atoms with E-state index in [1.54, 1.807) is 11.3 Å². The zero-order chi connectivity index (χ0) is 13.4. The average molecular weight is 278 g/mol. The molecule has 1 aliphatic rings. The normalized spacial score (nSPS) is 12.6. The number of rotatable bonds is 2. The fourth-order valence-corrected chi connectivity index (χ4v) is 3.64. The first kappa shape index (κ1) is 11.7. The second-order valence-electron chi connectivity index (χ2n) is 4.94. The Balaban J connectivity index is 1.72. The van der Waals surface area contributed by atoms with E-state index >= 15 is 0 Å². The van der Waals surface area contributed by atoms with E-state index in [0.717, 1.165) is 29.4 Å². The number of aryl methyl sites for hydroxylation is 2. The van der Waals surface area contributed by atoms with E-state index in [1.807, 2.05) is 18.2 Å². The maximum atomic E-state index is 4.79. The zero-order valence-electron chi connectivity index (χ0n) is 11.0. The lowest BCUT2D eigenvalue weighted by atomic mass is 9.94. The minimum Gasteiger partial charge on any atom is -0.332 e. The summed E-state index contributed by atoms with van der Waals surface area (Å²) in [5.74, 6) is 0. The van der Waals surface area contributed by atoms with Crippen molar-refractivity contribution in [3.63, 3.8) is 0 Å².